The van der Waals surface area contributed by atoms with Crippen LogP contribution in [-0.2, 0) is 0 Å². The Labute approximate surface area is 57.1 Å². The van der Waals surface area contributed by atoms with Crippen LogP contribution >= 0.6 is 12.6 Å². The van der Waals surface area contributed by atoms with E-state index in [1.165, 1.54) is 0 Å². The molecule has 1 unspecified atom stereocenters. The van der Waals surface area contributed by atoms with Crippen molar-refractivity contribution in [3.05, 3.63) is 0 Å². The molecule has 0 aromatic carbocycles. The first-order valence-corrected chi connectivity index (χ1v) is 3.81. The summed E-state index contributed by atoms with van der Waals surface area (Å²) in [5.41, 5.74) is 5.63. The lowest BCUT2D eigenvalue weighted by atomic mass is 10.1. The lowest BCUT2D eigenvalue weighted by molar-refractivity contribution is 0.590. The van der Waals surface area contributed by atoms with Gasteiger partial charge in [-0.1, -0.05) is 6.92 Å². The largest absolute Gasteiger partial charge is 0.328 e. The molecule has 0 amide bonds. The quantitative estimate of drug-likeness (QED) is 0.557. The Bertz CT molecular complexity index is 47.8. The van der Waals surface area contributed by atoms with E-state index in [2.05, 4.69) is 19.6 Å². The van der Waals surface area contributed by atoms with Crippen molar-refractivity contribution >= 4 is 12.6 Å². The van der Waals surface area contributed by atoms with Crippen molar-refractivity contribution in [2.45, 2.75) is 32.2 Å². The van der Waals surface area contributed by atoms with Crippen LogP contribution in [0.4, 0.5) is 0 Å². The molecule has 1 atom stereocenters. The predicted octanol–water partition coefficient (Wildman–Crippen LogP) is 1.43. The molecule has 2 N–H and O–H groups in total. The normalized spacial score (nSPS) is 13.9. The highest BCUT2D eigenvalue weighted by molar-refractivity contribution is 7.80. The van der Waals surface area contributed by atoms with Crippen molar-refractivity contribution < 1.29 is 0 Å². The highest BCUT2D eigenvalue weighted by atomic mass is 32.1. The van der Waals surface area contributed by atoms with E-state index in [4.69, 9.17) is 5.73 Å². The van der Waals surface area contributed by atoms with Crippen LogP contribution in [0.3, 0.4) is 0 Å². The van der Waals surface area contributed by atoms with Gasteiger partial charge in [0.1, 0.15) is 0 Å². The van der Waals surface area contributed by atoms with Gasteiger partial charge < -0.3 is 5.73 Å². The Balaban J connectivity index is 2.86. The molecular formula is C6H15NS. The summed E-state index contributed by atoms with van der Waals surface area (Å²) in [5.74, 6) is 0.966. The molecule has 0 aliphatic carbocycles. The molecule has 0 bridgehead atoms. The number of rotatable bonds is 4. The second-order valence-corrected chi connectivity index (χ2v) is 2.48. The summed E-state index contributed by atoms with van der Waals surface area (Å²) in [6.07, 6.45) is 3.37. The third-order valence-electron chi connectivity index (χ3n) is 1.26. The topological polar surface area (TPSA) is 26.0 Å². The zero-order chi connectivity index (χ0) is 6.41. The van der Waals surface area contributed by atoms with E-state index >= 15 is 0 Å². The van der Waals surface area contributed by atoms with Crippen molar-refractivity contribution in [3.63, 3.8) is 0 Å². The summed E-state index contributed by atoms with van der Waals surface area (Å²) in [6, 6.07) is 0.405. The second kappa shape index (κ2) is 5.45. The van der Waals surface area contributed by atoms with Crippen molar-refractivity contribution in [1.82, 2.24) is 0 Å². The number of hydrogen-bond donors (Lipinski definition) is 2. The maximum atomic E-state index is 5.63. The van der Waals surface area contributed by atoms with Gasteiger partial charge in [0, 0.05) is 6.04 Å². The molecule has 50 valence electrons. The third kappa shape index (κ3) is 4.47. The van der Waals surface area contributed by atoms with E-state index in [9.17, 15) is 0 Å². The zero-order valence-corrected chi connectivity index (χ0v) is 6.32. The Morgan fingerprint density at radius 1 is 1.62 bits per heavy atom. The smallest absolute Gasteiger partial charge is 0.00364 e. The predicted molar refractivity (Wildman–Crippen MR) is 41.4 cm³/mol. The maximum absolute atomic E-state index is 5.63. The molecule has 0 saturated carbocycles. The summed E-state index contributed by atoms with van der Waals surface area (Å²) in [4.78, 5) is 0. The first-order chi connectivity index (χ1) is 3.81. The maximum Gasteiger partial charge on any atom is 0.00364 e. The minimum Gasteiger partial charge on any atom is -0.328 e. The molecule has 2 heteroatoms. The fourth-order valence-electron chi connectivity index (χ4n) is 0.558. The molecule has 0 radical (unpaired) electrons. The molecule has 0 saturated heterocycles. The highest BCUT2D eigenvalue weighted by Crippen LogP contribution is 1.98. The molecule has 0 rings (SSSR count). The van der Waals surface area contributed by atoms with Gasteiger partial charge in [-0.2, -0.15) is 12.6 Å². The minimum atomic E-state index is 0.405. The van der Waals surface area contributed by atoms with Crippen LogP contribution in [0.15, 0.2) is 0 Å². The monoisotopic (exact) mass is 133 g/mol. The van der Waals surface area contributed by atoms with Gasteiger partial charge in [0.25, 0.3) is 0 Å². The van der Waals surface area contributed by atoms with E-state index in [1.807, 2.05) is 0 Å². The van der Waals surface area contributed by atoms with Crippen LogP contribution in [0.5, 0.6) is 0 Å². The molecule has 0 aromatic rings. The van der Waals surface area contributed by atoms with Gasteiger partial charge in [0.15, 0.2) is 0 Å². The van der Waals surface area contributed by atoms with Crippen LogP contribution in [0.2, 0.25) is 0 Å². The summed E-state index contributed by atoms with van der Waals surface area (Å²) >= 11 is 4.08. The second-order valence-electron chi connectivity index (χ2n) is 2.03. The van der Waals surface area contributed by atoms with E-state index in [-0.39, 0.29) is 0 Å². The minimum absolute atomic E-state index is 0.405. The Morgan fingerprint density at radius 3 is 2.62 bits per heavy atom. The van der Waals surface area contributed by atoms with Gasteiger partial charge in [-0.25, -0.2) is 0 Å². The lowest BCUT2D eigenvalue weighted by Gasteiger charge is -2.04. The number of hydrogen-bond acceptors (Lipinski definition) is 2. The van der Waals surface area contributed by atoms with Gasteiger partial charge in [-0.15, -0.1) is 0 Å². The fourth-order valence-corrected chi connectivity index (χ4v) is 0.740. The lowest BCUT2D eigenvalue weighted by Crippen LogP contribution is -2.18. The highest BCUT2D eigenvalue weighted by Gasteiger charge is 1.95. The van der Waals surface area contributed by atoms with Crippen molar-refractivity contribution in [1.29, 1.82) is 0 Å². The van der Waals surface area contributed by atoms with Crippen LogP contribution in [0.1, 0.15) is 26.2 Å². The average Bonchev–Trinajstić information content (AvgIpc) is 1.83. The van der Waals surface area contributed by atoms with Gasteiger partial charge in [-0.05, 0) is 25.0 Å². The van der Waals surface area contributed by atoms with Crippen LogP contribution in [0, 0.1) is 0 Å². The van der Waals surface area contributed by atoms with E-state index < -0.39 is 0 Å². The first kappa shape index (κ1) is 8.31. The van der Waals surface area contributed by atoms with Crippen molar-refractivity contribution in [3.8, 4) is 0 Å². The fraction of sp³-hybridized carbons (Fsp3) is 1.00. The van der Waals surface area contributed by atoms with Crippen molar-refractivity contribution in [2.24, 2.45) is 5.73 Å². The standard InChI is InChI=1S/C6H15NS/c1-2-6(7)4-3-5-8/h6,8H,2-5,7H2,1H3. The van der Waals surface area contributed by atoms with Crippen LogP contribution < -0.4 is 5.73 Å². The number of nitrogens with two attached hydrogens (primary N) is 1. The number of thiol groups is 1. The molecule has 0 aromatic heterocycles. The Morgan fingerprint density at radius 2 is 2.25 bits per heavy atom. The molecule has 0 aliphatic rings. The van der Waals surface area contributed by atoms with Gasteiger partial charge in [0.05, 0.1) is 0 Å². The van der Waals surface area contributed by atoms with Gasteiger partial charge in [-0.3, -0.25) is 0 Å². The zero-order valence-electron chi connectivity index (χ0n) is 5.43. The Hall–Kier alpha value is 0.310. The van der Waals surface area contributed by atoms with E-state index in [0.717, 1.165) is 25.0 Å². The molecular weight excluding hydrogens is 118 g/mol. The summed E-state index contributed by atoms with van der Waals surface area (Å²) in [5, 5.41) is 0. The third-order valence-corrected chi connectivity index (χ3v) is 1.57. The molecule has 0 aliphatic heterocycles. The van der Waals surface area contributed by atoms with E-state index in [1.54, 1.807) is 0 Å². The SMILES string of the molecule is CCC(N)CCCS. The van der Waals surface area contributed by atoms with Gasteiger partial charge >= 0.3 is 0 Å². The van der Waals surface area contributed by atoms with Crippen LogP contribution in [0.25, 0.3) is 0 Å². The Kier molecular flexibility index (Phi) is 5.66. The molecule has 0 spiro atoms. The van der Waals surface area contributed by atoms with Crippen molar-refractivity contribution in [2.75, 3.05) is 5.75 Å². The summed E-state index contributed by atoms with van der Waals surface area (Å²) < 4.78 is 0. The average molecular weight is 133 g/mol. The summed E-state index contributed by atoms with van der Waals surface area (Å²) in [7, 11) is 0. The molecule has 0 heterocycles. The first-order valence-electron chi connectivity index (χ1n) is 3.17. The van der Waals surface area contributed by atoms with Crippen LogP contribution in [-0.4, -0.2) is 11.8 Å². The van der Waals surface area contributed by atoms with E-state index in [0.29, 0.717) is 6.04 Å². The molecule has 0 fully saturated rings. The molecule has 8 heavy (non-hydrogen) atoms. The molecule has 1 nitrogen and oxygen atoms in total. The van der Waals surface area contributed by atoms with Gasteiger partial charge in [0.2, 0.25) is 0 Å². The summed E-state index contributed by atoms with van der Waals surface area (Å²) in [6.45, 7) is 2.11.